The predicted molar refractivity (Wildman–Crippen MR) is 86.7 cm³/mol. The van der Waals surface area contributed by atoms with E-state index in [-0.39, 0.29) is 5.04 Å². The molecule has 0 heterocycles. The van der Waals surface area contributed by atoms with Crippen LogP contribution < -0.4 is 4.74 Å². The molecule has 0 aliphatic heterocycles. The Morgan fingerprint density at radius 1 is 1.29 bits per heavy atom. The molecule has 0 fully saturated rings. The summed E-state index contributed by atoms with van der Waals surface area (Å²) < 4.78 is 11.6. The molecule has 5 heteroatoms. The van der Waals surface area contributed by atoms with Crippen molar-refractivity contribution in [2.45, 2.75) is 38.9 Å². The SMILES string of the molecule is [C-]#[N+]c1ccc(C=O)c(OCCO[Si](C)(C)C(C)(C)C)c1. The van der Waals surface area contributed by atoms with Gasteiger partial charge in [-0.25, -0.2) is 4.85 Å². The van der Waals surface area contributed by atoms with Crippen molar-refractivity contribution in [2.75, 3.05) is 13.2 Å². The molecule has 0 aliphatic rings. The number of carbonyl (C=O) groups excluding carboxylic acids is 1. The molecule has 0 atom stereocenters. The van der Waals surface area contributed by atoms with E-state index in [0.29, 0.717) is 30.2 Å². The average Bonchev–Trinajstić information content (AvgIpc) is 2.42. The van der Waals surface area contributed by atoms with Crippen LogP contribution >= 0.6 is 0 Å². The van der Waals surface area contributed by atoms with Crippen LogP contribution in [0.2, 0.25) is 18.1 Å². The van der Waals surface area contributed by atoms with E-state index in [4.69, 9.17) is 15.7 Å². The normalized spacial score (nSPS) is 11.8. The van der Waals surface area contributed by atoms with Crippen molar-refractivity contribution in [3.8, 4) is 5.75 Å². The van der Waals surface area contributed by atoms with E-state index >= 15 is 0 Å². The van der Waals surface area contributed by atoms with Gasteiger partial charge in [-0.05, 0) is 24.2 Å². The maximum absolute atomic E-state index is 11.0. The van der Waals surface area contributed by atoms with Gasteiger partial charge in [-0.15, -0.1) is 0 Å². The zero-order valence-electron chi connectivity index (χ0n) is 13.4. The Kier molecular flexibility index (Phi) is 5.70. The first-order valence-corrected chi connectivity index (χ1v) is 9.85. The summed E-state index contributed by atoms with van der Waals surface area (Å²) in [5.74, 6) is 0.442. The molecule has 0 bridgehead atoms. The fourth-order valence-electron chi connectivity index (χ4n) is 1.48. The molecule has 1 aromatic rings. The highest BCUT2D eigenvalue weighted by atomic mass is 28.4. The van der Waals surface area contributed by atoms with Gasteiger partial charge in [0.25, 0.3) is 0 Å². The molecule has 1 rings (SSSR count). The largest absolute Gasteiger partial charge is 0.492 e. The van der Waals surface area contributed by atoms with Crippen molar-refractivity contribution in [3.05, 3.63) is 35.2 Å². The number of ether oxygens (including phenoxy) is 1. The molecule has 21 heavy (non-hydrogen) atoms. The predicted octanol–water partition coefficient (Wildman–Crippen LogP) is 4.45. The van der Waals surface area contributed by atoms with Crippen LogP contribution in [0.4, 0.5) is 5.69 Å². The minimum Gasteiger partial charge on any atom is -0.492 e. The summed E-state index contributed by atoms with van der Waals surface area (Å²) in [5, 5.41) is 0.158. The van der Waals surface area contributed by atoms with Crippen molar-refractivity contribution in [1.82, 2.24) is 0 Å². The first-order chi connectivity index (χ1) is 9.71. The van der Waals surface area contributed by atoms with Crippen LogP contribution in [-0.4, -0.2) is 27.8 Å². The third kappa shape index (κ3) is 4.69. The summed E-state index contributed by atoms with van der Waals surface area (Å²) in [6, 6.07) is 4.79. The highest BCUT2D eigenvalue weighted by Gasteiger charge is 2.36. The summed E-state index contributed by atoms with van der Waals surface area (Å²) in [4.78, 5) is 14.3. The Balaban J connectivity index is 2.61. The second-order valence-electron chi connectivity index (χ2n) is 6.41. The zero-order chi connectivity index (χ0) is 16.1. The number of rotatable bonds is 6. The Hall–Kier alpha value is -1.64. The van der Waals surface area contributed by atoms with E-state index in [0.717, 1.165) is 6.29 Å². The molecule has 0 spiro atoms. The minimum absolute atomic E-state index is 0.158. The zero-order valence-corrected chi connectivity index (χ0v) is 14.4. The lowest BCUT2D eigenvalue weighted by molar-refractivity contribution is 0.111. The van der Waals surface area contributed by atoms with E-state index in [1.807, 2.05) is 0 Å². The first-order valence-electron chi connectivity index (χ1n) is 6.95. The lowest BCUT2D eigenvalue weighted by atomic mass is 10.2. The quantitative estimate of drug-likeness (QED) is 0.337. The summed E-state index contributed by atoms with van der Waals surface area (Å²) in [7, 11) is -1.78. The van der Waals surface area contributed by atoms with Gasteiger partial charge in [-0.3, -0.25) is 4.79 Å². The lowest BCUT2D eigenvalue weighted by Gasteiger charge is -2.36. The van der Waals surface area contributed by atoms with Gasteiger partial charge >= 0.3 is 0 Å². The smallest absolute Gasteiger partial charge is 0.192 e. The Morgan fingerprint density at radius 2 is 1.95 bits per heavy atom. The van der Waals surface area contributed by atoms with E-state index < -0.39 is 8.32 Å². The number of carbonyl (C=O) groups is 1. The van der Waals surface area contributed by atoms with Gasteiger partial charge in [0.05, 0.1) is 18.7 Å². The Labute approximate surface area is 128 Å². The highest BCUT2D eigenvalue weighted by Crippen LogP contribution is 2.36. The van der Waals surface area contributed by atoms with Crippen LogP contribution in [0.5, 0.6) is 5.75 Å². The number of benzene rings is 1. The van der Waals surface area contributed by atoms with Gasteiger partial charge in [0.15, 0.2) is 20.3 Å². The maximum Gasteiger partial charge on any atom is 0.192 e. The molecule has 4 nitrogen and oxygen atoms in total. The van der Waals surface area contributed by atoms with Crippen LogP contribution in [0.1, 0.15) is 31.1 Å². The second kappa shape index (κ2) is 6.88. The van der Waals surface area contributed by atoms with E-state index in [1.165, 1.54) is 0 Å². The molecule has 0 unspecified atom stereocenters. The maximum atomic E-state index is 11.0. The van der Waals surface area contributed by atoms with Gasteiger partial charge < -0.3 is 9.16 Å². The summed E-state index contributed by atoms with van der Waals surface area (Å²) >= 11 is 0. The molecule has 0 amide bonds. The molecule has 0 saturated heterocycles. The van der Waals surface area contributed by atoms with Crippen LogP contribution in [0, 0.1) is 6.57 Å². The third-order valence-electron chi connectivity index (χ3n) is 3.86. The van der Waals surface area contributed by atoms with Gasteiger partial charge in [0.2, 0.25) is 0 Å². The summed E-state index contributed by atoms with van der Waals surface area (Å²) in [5.41, 5.74) is 0.913. The number of hydrogen-bond donors (Lipinski definition) is 0. The van der Waals surface area contributed by atoms with Crippen LogP contribution in [0.15, 0.2) is 18.2 Å². The summed E-state index contributed by atoms with van der Waals surface area (Å²) in [6.45, 7) is 18.8. The van der Waals surface area contributed by atoms with Crippen LogP contribution in [0.25, 0.3) is 4.85 Å². The lowest BCUT2D eigenvalue weighted by Crippen LogP contribution is -2.41. The Bertz CT molecular complexity index is 541. The van der Waals surface area contributed by atoms with Gasteiger partial charge in [-0.2, -0.15) is 0 Å². The fourth-order valence-corrected chi connectivity index (χ4v) is 2.51. The molecular weight excluding hydrogens is 282 g/mol. The molecule has 1 aromatic carbocycles. The molecule has 0 aliphatic carbocycles. The van der Waals surface area contributed by atoms with Crippen molar-refractivity contribution >= 4 is 20.3 Å². The first kappa shape index (κ1) is 17.4. The van der Waals surface area contributed by atoms with E-state index in [1.54, 1.807) is 18.2 Å². The molecule has 0 aromatic heterocycles. The standard InChI is InChI=1S/C16H23NO3Si/c1-16(2,3)21(5,6)20-10-9-19-15-11-14(17-4)8-7-13(15)12-18/h7-8,11-12H,9-10H2,1-3,5-6H3. The molecular formula is C16H23NO3Si. The highest BCUT2D eigenvalue weighted by molar-refractivity contribution is 6.74. The van der Waals surface area contributed by atoms with Crippen LogP contribution in [-0.2, 0) is 4.43 Å². The van der Waals surface area contributed by atoms with E-state index in [9.17, 15) is 4.79 Å². The molecule has 0 radical (unpaired) electrons. The van der Waals surface area contributed by atoms with Crippen molar-refractivity contribution in [2.24, 2.45) is 0 Å². The third-order valence-corrected chi connectivity index (χ3v) is 8.40. The topological polar surface area (TPSA) is 39.9 Å². The molecule has 0 N–H and O–H groups in total. The summed E-state index contributed by atoms with van der Waals surface area (Å²) in [6.07, 6.45) is 0.734. The number of nitrogens with zero attached hydrogens (tertiary/aromatic N) is 1. The van der Waals surface area contributed by atoms with Crippen molar-refractivity contribution in [1.29, 1.82) is 0 Å². The second-order valence-corrected chi connectivity index (χ2v) is 11.2. The van der Waals surface area contributed by atoms with Gasteiger partial charge in [-0.1, -0.05) is 32.9 Å². The van der Waals surface area contributed by atoms with Gasteiger partial charge in [0, 0.05) is 0 Å². The number of aldehydes is 1. The Morgan fingerprint density at radius 3 is 2.48 bits per heavy atom. The average molecular weight is 305 g/mol. The number of hydrogen-bond acceptors (Lipinski definition) is 3. The van der Waals surface area contributed by atoms with E-state index in [2.05, 4.69) is 38.7 Å². The van der Waals surface area contributed by atoms with Crippen molar-refractivity contribution in [3.63, 3.8) is 0 Å². The van der Waals surface area contributed by atoms with Crippen molar-refractivity contribution < 1.29 is 14.0 Å². The molecule has 0 saturated carbocycles. The van der Waals surface area contributed by atoms with Crippen LogP contribution in [0.3, 0.4) is 0 Å². The monoisotopic (exact) mass is 305 g/mol. The fraction of sp³-hybridized carbons (Fsp3) is 0.500. The minimum atomic E-state index is -1.78. The molecule has 114 valence electrons. The van der Waals surface area contributed by atoms with Gasteiger partial charge in [0.1, 0.15) is 12.4 Å².